The predicted octanol–water partition coefficient (Wildman–Crippen LogP) is 3.17. The zero-order chi connectivity index (χ0) is 19.6. The number of nitrogens with zero attached hydrogens (tertiary/aromatic N) is 3. The molecule has 1 amide bonds. The van der Waals surface area contributed by atoms with Crippen LogP contribution in [0.1, 0.15) is 11.6 Å². The maximum absolute atomic E-state index is 11.8. The lowest BCUT2D eigenvalue weighted by molar-refractivity contribution is -0.120. The third kappa shape index (κ3) is 4.81. The average Bonchev–Trinajstić information content (AvgIpc) is 3.00. The summed E-state index contributed by atoms with van der Waals surface area (Å²) < 4.78 is 0. The SMILES string of the molecule is CN(CCNC(C(N)=O)c1cc(Cl)cc(Cl)c1)c1nc2nc(Cl)ccc2[nH]1. The molecule has 0 saturated carbocycles. The van der Waals surface area contributed by atoms with Crippen LogP contribution in [-0.2, 0) is 4.79 Å². The first-order valence-electron chi connectivity index (χ1n) is 8.05. The van der Waals surface area contributed by atoms with Gasteiger partial charge in [0.2, 0.25) is 11.9 Å². The number of anilines is 1. The second-order valence-electron chi connectivity index (χ2n) is 5.98. The van der Waals surface area contributed by atoms with Crippen LogP contribution >= 0.6 is 34.8 Å². The van der Waals surface area contributed by atoms with E-state index in [0.29, 0.717) is 45.4 Å². The fraction of sp³-hybridized carbons (Fsp3) is 0.235. The third-order valence-electron chi connectivity index (χ3n) is 3.96. The van der Waals surface area contributed by atoms with Gasteiger partial charge < -0.3 is 20.9 Å². The molecule has 27 heavy (non-hydrogen) atoms. The Kier molecular flexibility index (Phi) is 6.06. The number of rotatable bonds is 7. The Labute approximate surface area is 170 Å². The van der Waals surface area contributed by atoms with E-state index in [2.05, 4.69) is 20.3 Å². The lowest BCUT2D eigenvalue weighted by Gasteiger charge is -2.20. The van der Waals surface area contributed by atoms with E-state index in [0.717, 1.165) is 5.52 Å². The van der Waals surface area contributed by atoms with Gasteiger partial charge in [-0.3, -0.25) is 4.79 Å². The van der Waals surface area contributed by atoms with Crippen molar-refractivity contribution in [3.05, 3.63) is 51.1 Å². The van der Waals surface area contributed by atoms with Gasteiger partial charge in [-0.05, 0) is 35.9 Å². The van der Waals surface area contributed by atoms with Crippen molar-refractivity contribution in [2.24, 2.45) is 5.73 Å². The van der Waals surface area contributed by atoms with Gasteiger partial charge >= 0.3 is 0 Å². The van der Waals surface area contributed by atoms with Crippen molar-refractivity contribution in [1.82, 2.24) is 20.3 Å². The molecule has 0 spiro atoms. The summed E-state index contributed by atoms with van der Waals surface area (Å²) in [6, 6.07) is 7.73. The lowest BCUT2D eigenvalue weighted by atomic mass is 10.1. The summed E-state index contributed by atoms with van der Waals surface area (Å²) in [6.07, 6.45) is 0. The van der Waals surface area contributed by atoms with Crippen molar-refractivity contribution >= 4 is 57.8 Å². The quantitative estimate of drug-likeness (QED) is 0.503. The van der Waals surface area contributed by atoms with Crippen LogP contribution in [0.5, 0.6) is 0 Å². The van der Waals surface area contributed by atoms with E-state index in [-0.39, 0.29) is 0 Å². The number of pyridine rings is 1. The van der Waals surface area contributed by atoms with Crippen LogP contribution in [0.3, 0.4) is 0 Å². The number of halogens is 3. The van der Waals surface area contributed by atoms with Crippen LogP contribution in [-0.4, -0.2) is 41.0 Å². The predicted molar refractivity (Wildman–Crippen MR) is 109 cm³/mol. The van der Waals surface area contributed by atoms with Crippen molar-refractivity contribution in [2.75, 3.05) is 25.0 Å². The van der Waals surface area contributed by atoms with Gasteiger partial charge in [0.1, 0.15) is 11.2 Å². The fourth-order valence-corrected chi connectivity index (χ4v) is 3.33. The summed E-state index contributed by atoms with van der Waals surface area (Å²) in [5, 5.41) is 4.39. The molecule has 4 N–H and O–H groups in total. The zero-order valence-corrected chi connectivity index (χ0v) is 16.6. The van der Waals surface area contributed by atoms with Gasteiger partial charge in [0.25, 0.3) is 0 Å². The lowest BCUT2D eigenvalue weighted by Crippen LogP contribution is -2.38. The largest absolute Gasteiger partial charge is 0.368 e. The summed E-state index contributed by atoms with van der Waals surface area (Å²) in [7, 11) is 1.87. The number of carbonyl (C=O) groups excluding carboxylic acids is 1. The zero-order valence-electron chi connectivity index (χ0n) is 14.3. The number of hydrogen-bond donors (Lipinski definition) is 3. The molecule has 2 heterocycles. The average molecular weight is 428 g/mol. The number of nitrogens with two attached hydrogens (primary N) is 1. The van der Waals surface area contributed by atoms with E-state index >= 15 is 0 Å². The Morgan fingerprint density at radius 2 is 1.93 bits per heavy atom. The normalized spacial score (nSPS) is 12.3. The highest BCUT2D eigenvalue weighted by Gasteiger charge is 2.18. The molecule has 7 nitrogen and oxygen atoms in total. The topological polar surface area (TPSA) is 99.9 Å². The van der Waals surface area contributed by atoms with Gasteiger partial charge in [0.05, 0.1) is 5.52 Å². The van der Waals surface area contributed by atoms with Crippen LogP contribution < -0.4 is 16.0 Å². The number of hydrogen-bond acceptors (Lipinski definition) is 5. The molecule has 1 atom stereocenters. The number of aromatic nitrogens is 3. The Morgan fingerprint density at radius 3 is 2.59 bits per heavy atom. The number of aromatic amines is 1. The van der Waals surface area contributed by atoms with Crippen molar-refractivity contribution in [3.63, 3.8) is 0 Å². The van der Waals surface area contributed by atoms with E-state index in [1.807, 2.05) is 18.0 Å². The third-order valence-corrected chi connectivity index (χ3v) is 4.61. The molecule has 1 unspecified atom stereocenters. The van der Waals surface area contributed by atoms with Gasteiger partial charge in [-0.1, -0.05) is 34.8 Å². The summed E-state index contributed by atoms with van der Waals surface area (Å²) in [6.45, 7) is 1.03. The first-order chi connectivity index (χ1) is 12.8. The molecule has 0 fully saturated rings. The van der Waals surface area contributed by atoms with Gasteiger partial charge in [-0.15, -0.1) is 0 Å². The molecule has 10 heteroatoms. The Morgan fingerprint density at radius 1 is 1.22 bits per heavy atom. The number of imidazole rings is 1. The van der Waals surface area contributed by atoms with E-state index in [9.17, 15) is 4.79 Å². The Balaban J connectivity index is 1.66. The number of H-pyrrole nitrogens is 1. The monoisotopic (exact) mass is 426 g/mol. The first-order valence-corrected chi connectivity index (χ1v) is 9.19. The van der Waals surface area contributed by atoms with Crippen LogP contribution in [0.4, 0.5) is 5.95 Å². The summed E-state index contributed by atoms with van der Waals surface area (Å²) in [4.78, 5) is 25.5. The van der Waals surface area contributed by atoms with Crippen LogP contribution in [0.2, 0.25) is 15.2 Å². The molecule has 0 aliphatic rings. The molecule has 3 rings (SSSR count). The minimum absolute atomic E-state index is 0.384. The molecular formula is C17H17Cl3N6O. The summed E-state index contributed by atoms with van der Waals surface area (Å²) in [5.41, 5.74) is 7.47. The molecule has 0 aliphatic heterocycles. The van der Waals surface area contributed by atoms with Crippen molar-refractivity contribution in [3.8, 4) is 0 Å². The van der Waals surface area contributed by atoms with Gasteiger partial charge in [0.15, 0.2) is 5.65 Å². The van der Waals surface area contributed by atoms with Crippen molar-refractivity contribution in [2.45, 2.75) is 6.04 Å². The number of likely N-dealkylation sites (N-methyl/N-ethyl adjacent to an activating group) is 1. The van der Waals surface area contributed by atoms with Crippen molar-refractivity contribution in [1.29, 1.82) is 0 Å². The first kappa shape index (κ1) is 19.7. The minimum Gasteiger partial charge on any atom is -0.368 e. The molecule has 2 aromatic heterocycles. The number of nitrogens with one attached hydrogen (secondary N) is 2. The molecule has 0 bridgehead atoms. The molecule has 0 aliphatic carbocycles. The smallest absolute Gasteiger partial charge is 0.239 e. The maximum atomic E-state index is 11.8. The number of fused-ring (bicyclic) bond motifs is 1. The highest BCUT2D eigenvalue weighted by molar-refractivity contribution is 6.34. The standard InChI is InChI=1S/C17H17Cl3N6O/c1-26(17-23-12-2-3-13(20)24-16(12)25-17)5-4-22-14(15(21)27)9-6-10(18)8-11(19)7-9/h2-3,6-8,14,22H,4-5H2,1H3,(H2,21,27)(H,23,24,25). The number of benzene rings is 1. The van der Waals surface area contributed by atoms with E-state index in [1.165, 1.54) is 0 Å². The van der Waals surface area contributed by atoms with Gasteiger partial charge in [0, 0.05) is 30.2 Å². The molecule has 142 valence electrons. The second-order valence-corrected chi connectivity index (χ2v) is 7.24. The molecule has 1 aromatic carbocycles. The molecular weight excluding hydrogens is 411 g/mol. The Bertz CT molecular complexity index is 956. The Hall–Kier alpha value is -2.06. The van der Waals surface area contributed by atoms with E-state index in [1.54, 1.807) is 24.3 Å². The number of primary amides is 1. The second kappa shape index (κ2) is 8.31. The van der Waals surface area contributed by atoms with Gasteiger partial charge in [-0.2, -0.15) is 4.98 Å². The van der Waals surface area contributed by atoms with Crippen molar-refractivity contribution < 1.29 is 4.79 Å². The maximum Gasteiger partial charge on any atom is 0.239 e. The highest BCUT2D eigenvalue weighted by Crippen LogP contribution is 2.23. The summed E-state index contributed by atoms with van der Waals surface area (Å²) in [5.74, 6) is 0.126. The van der Waals surface area contributed by atoms with Crippen LogP contribution in [0.25, 0.3) is 11.2 Å². The minimum atomic E-state index is -0.703. The van der Waals surface area contributed by atoms with E-state index < -0.39 is 11.9 Å². The molecule has 3 aromatic rings. The fourth-order valence-electron chi connectivity index (χ4n) is 2.64. The van der Waals surface area contributed by atoms with Crippen LogP contribution in [0, 0.1) is 0 Å². The van der Waals surface area contributed by atoms with Gasteiger partial charge in [-0.25, -0.2) is 4.98 Å². The van der Waals surface area contributed by atoms with E-state index in [4.69, 9.17) is 40.5 Å². The van der Waals surface area contributed by atoms with Crippen LogP contribution in [0.15, 0.2) is 30.3 Å². The number of amides is 1. The highest BCUT2D eigenvalue weighted by atomic mass is 35.5. The number of carbonyl (C=O) groups is 1. The molecule has 0 radical (unpaired) electrons. The molecule has 0 saturated heterocycles. The summed E-state index contributed by atoms with van der Waals surface area (Å²) >= 11 is 17.9.